The third-order valence-corrected chi connectivity index (χ3v) is 6.75. The highest BCUT2D eigenvalue weighted by Gasteiger charge is 2.28. The topological polar surface area (TPSA) is 46.4 Å². The maximum atomic E-state index is 12.4. The molecule has 4 rings (SSSR count). The number of rotatable bonds is 6. The number of likely N-dealkylation sites (tertiary alicyclic amines) is 1. The van der Waals surface area contributed by atoms with Gasteiger partial charge in [-0.2, -0.15) is 0 Å². The van der Waals surface area contributed by atoms with Gasteiger partial charge in [0.15, 0.2) is 6.54 Å². The van der Waals surface area contributed by atoms with Crippen molar-refractivity contribution in [3.05, 3.63) is 64.1 Å². The zero-order chi connectivity index (χ0) is 19.3. The summed E-state index contributed by atoms with van der Waals surface area (Å²) in [7, 11) is 0. The minimum Gasteiger partial charge on any atom is -0.351 e. The summed E-state index contributed by atoms with van der Waals surface area (Å²) in [5, 5.41) is 5.02. The average molecular weight is 415 g/mol. The Morgan fingerprint density at radius 3 is 3.00 bits per heavy atom. The number of piperidine rings is 1. The molecule has 0 bridgehead atoms. The summed E-state index contributed by atoms with van der Waals surface area (Å²) in [5.74, 6) is 0.586. The zero-order valence-electron chi connectivity index (χ0n) is 15.8. The van der Waals surface area contributed by atoms with E-state index in [0.29, 0.717) is 19.0 Å². The minimum atomic E-state index is 0.127. The van der Waals surface area contributed by atoms with Gasteiger partial charge in [0, 0.05) is 11.6 Å². The molecule has 0 saturated carbocycles. The third-order valence-electron chi connectivity index (χ3n) is 5.31. The molecule has 1 amide bonds. The van der Waals surface area contributed by atoms with Gasteiger partial charge in [0.25, 0.3) is 5.91 Å². The van der Waals surface area contributed by atoms with Crippen LogP contribution in [0, 0.1) is 0 Å². The lowest BCUT2D eigenvalue weighted by Crippen LogP contribution is -3.14. The lowest BCUT2D eigenvalue weighted by Gasteiger charge is -2.28. The van der Waals surface area contributed by atoms with Crippen LogP contribution in [-0.2, 0) is 11.2 Å². The maximum Gasteiger partial charge on any atom is 0.275 e. The third kappa shape index (κ3) is 4.90. The van der Waals surface area contributed by atoms with E-state index in [1.54, 1.807) is 11.3 Å². The Morgan fingerprint density at radius 2 is 2.14 bits per heavy atom. The summed E-state index contributed by atoms with van der Waals surface area (Å²) in [6.07, 6.45) is 3.11. The molecule has 3 aromatic rings. The van der Waals surface area contributed by atoms with Gasteiger partial charge in [-0.15, -0.1) is 11.3 Å². The smallest absolute Gasteiger partial charge is 0.275 e. The molecule has 0 radical (unpaired) electrons. The molecule has 1 saturated heterocycles. The summed E-state index contributed by atoms with van der Waals surface area (Å²) in [5.41, 5.74) is 2.24. The Morgan fingerprint density at radius 1 is 1.25 bits per heavy atom. The number of nitrogens with one attached hydrogen (secondary N) is 2. The Bertz CT molecular complexity index is 925. The molecule has 2 atom stereocenters. The van der Waals surface area contributed by atoms with Gasteiger partial charge in [-0.05, 0) is 49.1 Å². The number of quaternary nitrogens is 1. The number of benzene rings is 2. The fourth-order valence-electron chi connectivity index (χ4n) is 3.92. The molecule has 6 heteroatoms. The largest absolute Gasteiger partial charge is 0.351 e. The van der Waals surface area contributed by atoms with Crippen LogP contribution < -0.4 is 10.2 Å². The van der Waals surface area contributed by atoms with Crippen LogP contribution in [0.4, 0.5) is 0 Å². The molecule has 1 aliphatic heterocycles. The van der Waals surface area contributed by atoms with Crippen molar-refractivity contribution >= 4 is 39.1 Å². The van der Waals surface area contributed by atoms with Crippen molar-refractivity contribution in [3.63, 3.8) is 0 Å². The number of hydrogen-bond acceptors (Lipinski definition) is 3. The highest BCUT2D eigenvalue weighted by Crippen LogP contribution is 2.30. The summed E-state index contributed by atoms with van der Waals surface area (Å²) in [4.78, 5) is 18.6. The van der Waals surface area contributed by atoms with Crippen LogP contribution in [-0.4, -0.2) is 37.1 Å². The molecule has 4 nitrogen and oxygen atoms in total. The molecule has 1 unspecified atom stereocenters. The predicted molar refractivity (Wildman–Crippen MR) is 115 cm³/mol. The lowest BCUT2D eigenvalue weighted by molar-refractivity contribution is -0.898. The fourth-order valence-corrected chi connectivity index (χ4v) is 5.23. The highest BCUT2D eigenvalue weighted by molar-refractivity contribution is 7.18. The molecular formula is C22H25ClN3OS+. The van der Waals surface area contributed by atoms with E-state index >= 15 is 0 Å². The summed E-state index contributed by atoms with van der Waals surface area (Å²) in [6.45, 7) is 3.23. The molecule has 1 aromatic heterocycles. The van der Waals surface area contributed by atoms with Crippen LogP contribution >= 0.6 is 22.9 Å². The summed E-state index contributed by atoms with van der Waals surface area (Å²) >= 11 is 7.81. The maximum absolute atomic E-state index is 12.4. The van der Waals surface area contributed by atoms with Crippen LogP contribution in [0.25, 0.3) is 10.2 Å². The summed E-state index contributed by atoms with van der Waals surface area (Å²) in [6, 6.07) is 16.1. The molecule has 2 N–H and O–H groups in total. The number of halogens is 1. The Hall–Kier alpha value is -1.95. The quantitative estimate of drug-likeness (QED) is 0.651. The van der Waals surface area contributed by atoms with Gasteiger partial charge in [0.2, 0.25) is 0 Å². The van der Waals surface area contributed by atoms with E-state index in [1.165, 1.54) is 21.0 Å². The average Bonchev–Trinajstić information content (AvgIpc) is 3.13. The Balaban J connectivity index is 1.27. The van der Waals surface area contributed by atoms with Gasteiger partial charge in [-0.1, -0.05) is 35.9 Å². The van der Waals surface area contributed by atoms with Crippen molar-refractivity contribution < 1.29 is 9.69 Å². The van der Waals surface area contributed by atoms with E-state index in [0.717, 1.165) is 42.0 Å². The Labute approximate surface area is 174 Å². The van der Waals surface area contributed by atoms with Crippen molar-refractivity contribution in [2.75, 3.05) is 26.2 Å². The molecule has 1 aliphatic rings. The van der Waals surface area contributed by atoms with Gasteiger partial charge in [-0.25, -0.2) is 4.98 Å². The van der Waals surface area contributed by atoms with Crippen LogP contribution in [0.3, 0.4) is 0 Å². The number of amides is 1. The normalized spacial score (nSPS) is 19.6. The Kier molecular flexibility index (Phi) is 6.25. The van der Waals surface area contributed by atoms with E-state index < -0.39 is 0 Å². The van der Waals surface area contributed by atoms with E-state index in [-0.39, 0.29) is 5.91 Å². The van der Waals surface area contributed by atoms with Crippen molar-refractivity contribution in [1.82, 2.24) is 10.3 Å². The van der Waals surface area contributed by atoms with Crippen molar-refractivity contribution in [2.45, 2.75) is 25.2 Å². The van der Waals surface area contributed by atoms with Crippen LogP contribution in [0.2, 0.25) is 5.02 Å². The number of nitrogens with zero attached hydrogens (tertiary/aromatic N) is 1. The number of fused-ring (bicyclic) bond motifs is 1. The second-order valence-electron chi connectivity index (χ2n) is 7.47. The van der Waals surface area contributed by atoms with Crippen LogP contribution in [0.1, 0.15) is 29.3 Å². The number of carbonyl (C=O) groups excluding carboxylic acids is 1. The monoisotopic (exact) mass is 414 g/mol. The van der Waals surface area contributed by atoms with E-state index in [2.05, 4.69) is 23.5 Å². The first-order valence-corrected chi connectivity index (χ1v) is 11.1. The fraction of sp³-hybridized carbons (Fsp3) is 0.364. The SMILES string of the molecule is O=C(C[NH+]1CCC[C@H](c2nc3ccccc3s2)C1)NCCc1cccc(Cl)c1. The van der Waals surface area contributed by atoms with Gasteiger partial charge in [0.1, 0.15) is 5.01 Å². The van der Waals surface area contributed by atoms with Crippen LogP contribution in [0.15, 0.2) is 48.5 Å². The zero-order valence-corrected chi connectivity index (χ0v) is 17.4. The van der Waals surface area contributed by atoms with E-state index in [4.69, 9.17) is 16.6 Å². The first-order valence-electron chi connectivity index (χ1n) is 9.87. The number of aromatic nitrogens is 1. The van der Waals surface area contributed by atoms with Gasteiger partial charge in [0.05, 0.1) is 29.2 Å². The van der Waals surface area contributed by atoms with E-state index in [1.807, 2.05) is 30.3 Å². The first-order chi connectivity index (χ1) is 13.7. The molecular weight excluding hydrogens is 390 g/mol. The molecule has 2 aromatic carbocycles. The molecule has 2 heterocycles. The second kappa shape index (κ2) is 9.03. The number of carbonyl (C=O) groups is 1. The first kappa shape index (κ1) is 19.4. The van der Waals surface area contributed by atoms with Gasteiger partial charge in [-0.3, -0.25) is 4.79 Å². The standard InChI is InChI=1S/C22H24ClN3OS/c23-18-7-3-5-16(13-18)10-11-24-21(27)15-26-12-4-6-17(14-26)22-25-19-8-1-2-9-20(19)28-22/h1-3,5,7-9,13,17H,4,6,10-12,14-15H2,(H,24,27)/p+1/t17-/m0/s1. The van der Waals surface area contributed by atoms with Crippen molar-refractivity contribution in [1.29, 1.82) is 0 Å². The van der Waals surface area contributed by atoms with Crippen molar-refractivity contribution in [2.24, 2.45) is 0 Å². The summed E-state index contributed by atoms with van der Waals surface area (Å²) < 4.78 is 1.25. The molecule has 1 fully saturated rings. The molecule has 0 aliphatic carbocycles. The highest BCUT2D eigenvalue weighted by atomic mass is 35.5. The molecule has 146 valence electrons. The van der Waals surface area contributed by atoms with Gasteiger partial charge < -0.3 is 10.2 Å². The van der Waals surface area contributed by atoms with Crippen LogP contribution in [0.5, 0.6) is 0 Å². The lowest BCUT2D eigenvalue weighted by atomic mass is 9.99. The number of hydrogen-bond donors (Lipinski definition) is 2. The number of thiazole rings is 1. The molecule has 0 spiro atoms. The van der Waals surface area contributed by atoms with Crippen molar-refractivity contribution in [3.8, 4) is 0 Å². The predicted octanol–water partition coefficient (Wildman–Crippen LogP) is 3.07. The second-order valence-corrected chi connectivity index (χ2v) is 8.97. The molecule has 28 heavy (non-hydrogen) atoms. The van der Waals surface area contributed by atoms with Gasteiger partial charge >= 0.3 is 0 Å². The van der Waals surface area contributed by atoms with E-state index in [9.17, 15) is 4.79 Å². The minimum absolute atomic E-state index is 0.127. The number of para-hydroxylation sites is 1.